The third-order valence-corrected chi connectivity index (χ3v) is 3.67. The Morgan fingerprint density at radius 1 is 1.55 bits per heavy atom. The third kappa shape index (κ3) is 3.77. The molecule has 1 heterocycles. The Morgan fingerprint density at radius 3 is 3.05 bits per heavy atom. The van der Waals surface area contributed by atoms with Crippen LogP contribution in [-0.2, 0) is 9.53 Å². The maximum Gasteiger partial charge on any atom is 0.305 e. The van der Waals surface area contributed by atoms with Gasteiger partial charge in [-0.25, -0.2) is 4.39 Å². The van der Waals surface area contributed by atoms with Crippen molar-refractivity contribution in [3.05, 3.63) is 35.6 Å². The summed E-state index contributed by atoms with van der Waals surface area (Å²) in [6.45, 7) is 1.25. The number of hydrogen-bond acceptors (Lipinski definition) is 4. The van der Waals surface area contributed by atoms with Crippen LogP contribution in [0.1, 0.15) is 30.9 Å². The Balaban J connectivity index is 1.98. The third-order valence-electron chi connectivity index (χ3n) is 3.67. The summed E-state index contributed by atoms with van der Waals surface area (Å²) in [4.78, 5) is 13.2. The number of carbonyl (C=O) groups is 1. The number of likely N-dealkylation sites (tertiary alicyclic amines) is 1. The Morgan fingerprint density at radius 2 is 2.35 bits per heavy atom. The number of aliphatic hydroxyl groups is 1. The number of nitrogens with zero attached hydrogens (tertiary/aromatic N) is 1. The summed E-state index contributed by atoms with van der Waals surface area (Å²) in [6, 6.07) is 6.49. The van der Waals surface area contributed by atoms with Crippen LogP contribution in [0, 0.1) is 5.82 Å². The Bertz CT molecular complexity index is 466. The van der Waals surface area contributed by atoms with Crippen molar-refractivity contribution < 1.29 is 19.0 Å². The molecule has 1 saturated heterocycles. The van der Waals surface area contributed by atoms with E-state index in [9.17, 15) is 14.3 Å². The lowest BCUT2D eigenvalue weighted by atomic mass is 10.0. The van der Waals surface area contributed by atoms with E-state index in [1.165, 1.54) is 19.2 Å². The van der Waals surface area contributed by atoms with Gasteiger partial charge in [0.05, 0.1) is 13.2 Å². The van der Waals surface area contributed by atoms with Gasteiger partial charge in [0.1, 0.15) is 5.82 Å². The summed E-state index contributed by atoms with van der Waals surface area (Å²) in [7, 11) is 1.37. The van der Waals surface area contributed by atoms with E-state index in [1.807, 2.05) is 6.07 Å². The van der Waals surface area contributed by atoms with Gasteiger partial charge < -0.3 is 9.84 Å². The molecule has 1 N–H and O–H groups in total. The molecule has 4 nitrogen and oxygen atoms in total. The van der Waals surface area contributed by atoms with Gasteiger partial charge in [0.15, 0.2) is 0 Å². The summed E-state index contributed by atoms with van der Waals surface area (Å²) < 4.78 is 17.9. The summed E-state index contributed by atoms with van der Waals surface area (Å²) >= 11 is 0. The van der Waals surface area contributed by atoms with Gasteiger partial charge in [0, 0.05) is 19.0 Å². The first-order valence-electron chi connectivity index (χ1n) is 6.84. The highest BCUT2D eigenvalue weighted by Gasteiger charge is 2.31. The first-order valence-corrected chi connectivity index (χ1v) is 6.84. The average Bonchev–Trinajstić information content (AvgIpc) is 2.79. The van der Waals surface area contributed by atoms with E-state index in [0.29, 0.717) is 32.4 Å². The van der Waals surface area contributed by atoms with Crippen molar-refractivity contribution in [2.24, 2.45) is 0 Å². The zero-order valence-corrected chi connectivity index (χ0v) is 11.6. The van der Waals surface area contributed by atoms with Crippen molar-refractivity contribution >= 4 is 5.97 Å². The van der Waals surface area contributed by atoms with Gasteiger partial charge in [0.25, 0.3) is 0 Å². The summed E-state index contributed by atoms with van der Waals surface area (Å²) in [6.07, 6.45) is 1.23. The summed E-state index contributed by atoms with van der Waals surface area (Å²) in [5, 5.41) is 9.83. The number of benzene rings is 1. The zero-order valence-electron chi connectivity index (χ0n) is 11.6. The number of ether oxygens (including phenoxy) is 1. The molecule has 1 aliphatic heterocycles. The van der Waals surface area contributed by atoms with E-state index in [0.717, 1.165) is 5.56 Å². The van der Waals surface area contributed by atoms with Crippen LogP contribution >= 0.6 is 0 Å². The van der Waals surface area contributed by atoms with Crippen molar-refractivity contribution in [3.63, 3.8) is 0 Å². The van der Waals surface area contributed by atoms with Gasteiger partial charge in [-0.3, -0.25) is 9.69 Å². The fourth-order valence-electron chi connectivity index (χ4n) is 2.72. The molecule has 2 rings (SSSR count). The molecule has 0 radical (unpaired) electrons. The van der Waals surface area contributed by atoms with Gasteiger partial charge in [-0.05, 0) is 37.1 Å². The lowest BCUT2D eigenvalue weighted by molar-refractivity contribution is -0.140. The van der Waals surface area contributed by atoms with E-state index in [1.54, 1.807) is 6.07 Å². The fourth-order valence-corrected chi connectivity index (χ4v) is 2.72. The number of rotatable bonds is 5. The molecule has 0 spiro atoms. The highest BCUT2D eigenvalue weighted by molar-refractivity contribution is 5.69. The number of β-amino-alcohol motifs (C(OH)–C–C–N with tert-alkyl or cyclic N) is 1. The minimum atomic E-state index is -0.401. The fraction of sp³-hybridized carbons (Fsp3) is 0.533. The van der Waals surface area contributed by atoms with Crippen LogP contribution in [0.4, 0.5) is 4.39 Å². The van der Waals surface area contributed by atoms with E-state index in [-0.39, 0.29) is 17.8 Å². The Kier molecular flexibility index (Phi) is 5.09. The lowest BCUT2D eigenvalue weighted by Gasteiger charge is -2.24. The molecule has 0 bridgehead atoms. The van der Waals surface area contributed by atoms with Crippen LogP contribution in [0.15, 0.2) is 24.3 Å². The van der Waals surface area contributed by atoms with Gasteiger partial charge in [0.2, 0.25) is 0 Å². The maximum atomic E-state index is 13.3. The highest BCUT2D eigenvalue weighted by atomic mass is 19.1. The first-order chi connectivity index (χ1) is 9.60. The smallest absolute Gasteiger partial charge is 0.305 e. The normalized spacial score (nSPS) is 22.9. The second-order valence-corrected chi connectivity index (χ2v) is 5.13. The van der Waals surface area contributed by atoms with Crippen LogP contribution < -0.4 is 0 Å². The first kappa shape index (κ1) is 14.9. The number of hydrogen-bond donors (Lipinski definition) is 1. The molecule has 0 aromatic heterocycles. The number of halogens is 1. The van der Waals surface area contributed by atoms with E-state index >= 15 is 0 Å². The quantitative estimate of drug-likeness (QED) is 0.837. The number of carbonyl (C=O) groups excluding carboxylic acids is 1. The zero-order chi connectivity index (χ0) is 14.5. The Labute approximate surface area is 118 Å². The van der Waals surface area contributed by atoms with E-state index < -0.39 is 6.10 Å². The van der Waals surface area contributed by atoms with Crippen LogP contribution in [-0.4, -0.2) is 42.3 Å². The van der Waals surface area contributed by atoms with Gasteiger partial charge in [-0.15, -0.1) is 0 Å². The summed E-state index contributed by atoms with van der Waals surface area (Å²) in [5.41, 5.74) is 0.875. The lowest BCUT2D eigenvalue weighted by Crippen LogP contribution is -2.26. The molecule has 1 aromatic rings. The van der Waals surface area contributed by atoms with E-state index in [4.69, 9.17) is 0 Å². The SMILES string of the molecule is COC(=O)CCCN1C[C@@H](O)C[C@@H]1c1cccc(F)c1. The van der Waals surface area contributed by atoms with Crippen molar-refractivity contribution in [2.45, 2.75) is 31.4 Å². The molecule has 2 atom stereocenters. The number of esters is 1. The Hall–Kier alpha value is -1.46. The van der Waals surface area contributed by atoms with Gasteiger partial charge >= 0.3 is 5.97 Å². The predicted octanol–water partition coefficient (Wildman–Crippen LogP) is 1.89. The second-order valence-electron chi connectivity index (χ2n) is 5.13. The molecule has 0 saturated carbocycles. The molecule has 0 amide bonds. The van der Waals surface area contributed by atoms with Crippen molar-refractivity contribution in [1.82, 2.24) is 4.90 Å². The minimum Gasteiger partial charge on any atom is -0.469 e. The van der Waals surface area contributed by atoms with E-state index in [2.05, 4.69) is 9.64 Å². The van der Waals surface area contributed by atoms with Crippen molar-refractivity contribution in [1.29, 1.82) is 0 Å². The van der Waals surface area contributed by atoms with Gasteiger partial charge in [-0.1, -0.05) is 12.1 Å². The molecule has 5 heteroatoms. The monoisotopic (exact) mass is 281 g/mol. The molecule has 0 unspecified atom stereocenters. The second kappa shape index (κ2) is 6.81. The molecule has 110 valence electrons. The van der Waals surface area contributed by atoms with Gasteiger partial charge in [-0.2, -0.15) is 0 Å². The number of aliphatic hydroxyl groups excluding tert-OH is 1. The molecule has 0 aliphatic carbocycles. The molecule has 20 heavy (non-hydrogen) atoms. The molecule has 1 aromatic carbocycles. The number of methoxy groups -OCH3 is 1. The summed E-state index contributed by atoms with van der Waals surface area (Å²) in [5.74, 6) is -0.495. The van der Waals surface area contributed by atoms with Crippen molar-refractivity contribution in [3.8, 4) is 0 Å². The maximum absolute atomic E-state index is 13.3. The van der Waals surface area contributed by atoms with Crippen molar-refractivity contribution in [2.75, 3.05) is 20.2 Å². The largest absolute Gasteiger partial charge is 0.469 e. The minimum absolute atomic E-state index is 0.0124. The highest BCUT2D eigenvalue weighted by Crippen LogP contribution is 2.32. The predicted molar refractivity (Wildman–Crippen MR) is 72.6 cm³/mol. The topological polar surface area (TPSA) is 49.8 Å². The van der Waals surface area contributed by atoms with Crippen LogP contribution in [0.3, 0.4) is 0 Å². The molecule has 1 aliphatic rings. The average molecular weight is 281 g/mol. The van der Waals surface area contributed by atoms with Crippen LogP contribution in [0.25, 0.3) is 0 Å². The standard InChI is InChI=1S/C15H20FNO3/c1-20-15(19)6-3-7-17-10-13(18)9-14(17)11-4-2-5-12(16)8-11/h2,4-5,8,13-14,18H,3,6-7,9-10H2,1H3/t13-,14+/m0/s1. The van der Waals surface area contributed by atoms with Crippen LogP contribution in [0.2, 0.25) is 0 Å². The molecule has 1 fully saturated rings. The molecular weight excluding hydrogens is 261 g/mol. The van der Waals surface area contributed by atoms with Crippen LogP contribution in [0.5, 0.6) is 0 Å². The molecular formula is C15H20FNO3.